The minimum atomic E-state index is -1.28. The molecule has 1 aromatic carbocycles. The van der Waals surface area contributed by atoms with Gasteiger partial charge in [-0.15, -0.1) is 0 Å². The van der Waals surface area contributed by atoms with Gasteiger partial charge in [-0.2, -0.15) is 5.26 Å². The third-order valence-electron chi connectivity index (χ3n) is 2.05. The Morgan fingerprint density at radius 1 is 1.41 bits per heavy atom. The molecule has 0 amide bonds. The Balaban J connectivity index is 3.16. The molecule has 0 aliphatic rings. The van der Waals surface area contributed by atoms with Gasteiger partial charge in [-0.05, 0) is 17.7 Å². The van der Waals surface area contributed by atoms with Crippen LogP contribution in [0, 0.1) is 11.3 Å². The lowest BCUT2D eigenvalue weighted by molar-refractivity contribution is -0.151. The van der Waals surface area contributed by atoms with Crippen LogP contribution in [0.3, 0.4) is 0 Å². The van der Waals surface area contributed by atoms with Crippen molar-refractivity contribution in [2.24, 2.45) is 0 Å². The quantitative estimate of drug-likeness (QED) is 0.625. The summed E-state index contributed by atoms with van der Waals surface area (Å²) in [6, 6.07) is 6.03. The van der Waals surface area contributed by atoms with E-state index in [1.807, 2.05) is 0 Å². The highest BCUT2D eigenvalue weighted by Gasteiger charge is 2.29. The summed E-state index contributed by atoms with van der Waals surface area (Å²) in [7, 11) is 1.07. The molecule has 0 aliphatic carbocycles. The molecule has 4 nitrogen and oxygen atoms in total. The number of benzene rings is 1. The van der Waals surface area contributed by atoms with Crippen molar-refractivity contribution in [2.75, 3.05) is 7.11 Å². The number of carbonyl (C=O) groups excluding carboxylic acids is 2. The first kappa shape index (κ1) is 13.5. The second-order valence-electron chi connectivity index (χ2n) is 3.08. The highest BCUT2D eigenvalue weighted by atomic mass is 35.5. The van der Waals surface area contributed by atoms with Crippen LogP contribution in [0.15, 0.2) is 18.2 Å². The summed E-state index contributed by atoms with van der Waals surface area (Å²) in [5.41, 5.74) is 0.231. The summed E-state index contributed by atoms with van der Waals surface area (Å²) >= 11 is 11.5. The minimum Gasteiger partial charge on any atom is -0.463 e. The van der Waals surface area contributed by atoms with Crippen LogP contribution in [0.1, 0.15) is 11.5 Å². The topological polar surface area (TPSA) is 67.2 Å². The maximum Gasteiger partial charge on any atom is 0.376 e. The van der Waals surface area contributed by atoms with E-state index in [-0.39, 0.29) is 10.6 Å². The zero-order valence-corrected chi connectivity index (χ0v) is 10.2. The summed E-state index contributed by atoms with van der Waals surface area (Å²) in [5.74, 6) is -3.32. The highest BCUT2D eigenvalue weighted by Crippen LogP contribution is 2.28. The molecule has 0 bridgehead atoms. The maximum absolute atomic E-state index is 11.6. The van der Waals surface area contributed by atoms with Crippen molar-refractivity contribution < 1.29 is 14.3 Å². The molecule has 17 heavy (non-hydrogen) atoms. The molecule has 6 heteroatoms. The first-order valence-electron chi connectivity index (χ1n) is 4.48. The van der Waals surface area contributed by atoms with Gasteiger partial charge in [0.15, 0.2) is 0 Å². The monoisotopic (exact) mass is 271 g/mol. The van der Waals surface area contributed by atoms with Gasteiger partial charge in [-0.3, -0.25) is 4.79 Å². The van der Waals surface area contributed by atoms with E-state index in [1.165, 1.54) is 18.2 Å². The van der Waals surface area contributed by atoms with Gasteiger partial charge in [0.1, 0.15) is 5.92 Å². The van der Waals surface area contributed by atoms with E-state index in [9.17, 15) is 9.59 Å². The molecule has 1 rings (SSSR count). The van der Waals surface area contributed by atoms with Crippen molar-refractivity contribution in [3.05, 3.63) is 33.8 Å². The molecule has 1 aromatic rings. The van der Waals surface area contributed by atoms with Crippen LogP contribution in [0.25, 0.3) is 0 Å². The molecular formula is C11H7Cl2NO3. The first-order valence-corrected chi connectivity index (χ1v) is 5.23. The van der Waals surface area contributed by atoms with Crippen LogP contribution < -0.4 is 0 Å². The van der Waals surface area contributed by atoms with Crippen molar-refractivity contribution in [2.45, 2.75) is 5.92 Å². The number of Topliss-reactive ketones (excluding diaryl/α,β-unsaturated/α-hetero) is 1. The zero-order valence-electron chi connectivity index (χ0n) is 8.74. The molecular weight excluding hydrogens is 265 g/mol. The summed E-state index contributed by atoms with van der Waals surface area (Å²) in [6.07, 6.45) is 0. The van der Waals surface area contributed by atoms with Crippen LogP contribution in [0.5, 0.6) is 0 Å². The van der Waals surface area contributed by atoms with Crippen LogP contribution in [-0.4, -0.2) is 18.9 Å². The molecule has 0 aromatic heterocycles. The largest absolute Gasteiger partial charge is 0.463 e. The normalized spacial score (nSPS) is 11.4. The summed E-state index contributed by atoms with van der Waals surface area (Å²) in [6.45, 7) is 0. The van der Waals surface area contributed by atoms with Crippen LogP contribution in [0.2, 0.25) is 10.0 Å². The predicted molar refractivity (Wildman–Crippen MR) is 61.8 cm³/mol. The molecule has 0 N–H and O–H groups in total. The van der Waals surface area contributed by atoms with E-state index in [4.69, 9.17) is 28.5 Å². The van der Waals surface area contributed by atoms with E-state index in [0.29, 0.717) is 5.02 Å². The van der Waals surface area contributed by atoms with Gasteiger partial charge in [0.2, 0.25) is 0 Å². The number of nitriles is 1. The Morgan fingerprint density at radius 2 is 2.06 bits per heavy atom. The smallest absolute Gasteiger partial charge is 0.376 e. The van der Waals surface area contributed by atoms with Crippen LogP contribution in [0.4, 0.5) is 0 Å². The van der Waals surface area contributed by atoms with E-state index in [2.05, 4.69) is 4.74 Å². The Morgan fingerprint density at radius 3 is 2.53 bits per heavy atom. The van der Waals surface area contributed by atoms with Gasteiger partial charge in [0.05, 0.1) is 13.2 Å². The number of hydrogen-bond donors (Lipinski definition) is 0. The van der Waals surface area contributed by atoms with Gasteiger partial charge in [0.25, 0.3) is 5.78 Å². The Kier molecular flexibility index (Phi) is 4.50. The number of hydrogen-bond acceptors (Lipinski definition) is 4. The average Bonchev–Trinajstić information content (AvgIpc) is 2.31. The SMILES string of the molecule is COC(=O)C(=O)[C@H](C#N)c1ccc(Cl)cc1Cl. The van der Waals surface area contributed by atoms with Crippen LogP contribution in [-0.2, 0) is 14.3 Å². The summed E-state index contributed by atoms with van der Waals surface area (Å²) in [5, 5.41) is 9.45. The molecule has 0 radical (unpaired) electrons. The van der Waals surface area contributed by atoms with E-state index in [0.717, 1.165) is 7.11 Å². The zero-order chi connectivity index (χ0) is 13.0. The Hall–Kier alpha value is -1.57. The highest BCUT2D eigenvalue weighted by molar-refractivity contribution is 6.38. The third-order valence-corrected chi connectivity index (χ3v) is 2.61. The van der Waals surface area contributed by atoms with Crippen LogP contribution >= 0.6 is 23.2 Å². The van der Waals surface area contributed by atoms with Crippen molar-refractivity contribution in [1.82, 2.24) is 0 Å². The number of carbonyl (C=O) groups is 2. The summed E-state index contributed by atoms with van der Waals surface area (Å²) in [4.78, 5) is 22.6. The van der Waals surface area contributed by atoms with Gasteiger partial charge in [0, 0.05) is 10.0 Å². The molecule has 0 aliphatic heterocycles. The molecule has 0 spiro atoms. The second kappa shape index (κ2) is 5.67. The fourth-order valence-corrected chi connectivity index (χ4v) is 1.74. The van der Waals surface area contributed by atoms with E-state index >= 15 is 0 Å². The number of ether oxygens (including phenoxy) is 1. The minimum absolute atomic E-state index is 0.154. The number of halogens is 2. The maximum atomic E-state index is 11.6. The lowest BCUT2D eigenvalue weighted by atomic mass is 9.96. The average molecular weight is 272 g/mol. The third kappa shape index (κ3) is 2.96. The summed E-state index contributed by atoms with van der Waals surface area (Å²) < 4.78 is 4.27. The number of nitrogens with zero attached hydrogens (tertiary/aromatic N) is 1. The molecule has 1 atom stereocenters. The van der Waals surface area contributed by atoms with Crippen molar-refractivity contribution >= 4 is 35.0 Å². The molecule has 0 unspecified atom stereocenters. The van der Waals surface area contributed by atoms with Crippen molar-refractivity contribution in [1.29, 1.82) is 5.26 Å². The van der Waals surface area contributed by atoms with Gasteiger partial charge >= 0.3 is 5.97 Å². The van der Waals surface area contributed by atoms with Gasteiger partial charge in [-0.1, -0.05) is 29.3 Å². The Bertz CT molecular complexity index is 508. The lowest BCUT2D eigenvalue weighted by Crippen LogP contribution is -2.22. The number of esters is 1. The molecule has 88 valence electrons. The van der Waals surface area contributed by atoms with Crippen molar-refractivity contribution in [3.8, 4) is 6.07 Å². The lowest BCUT2D eigenvalue weighted by Gasteiger charge is -2.09. The van der Waals surface area contributed by atoms with Crippen molar-refractivity contribution in [3.63, 3.8) is 0 Å². The van der Waals surface area contributed by atoms with E-state index in [1.54, 1.807) is 6.07 Å². The molecule has 0 saturated carbocycles. The van der Waals surface area contributed by atoms with E-state index < -0.39 is 17.7 Å². The number of ketones is 1. The molecule has 0 fully saturated rings. The predicted octanol–water partition coefficient (Wildman–Crippen LogP) is 2.34. The van der Waals surface area contributed by atoms with Gasteiger partial charge < -0.3 is 4.74 Å². The molecule has 0 saturated heterocycles. The number of rotatable bonds is 3. The number of methoxy groups -OCH3 is 1. The second-order valence-corrected chi connectivity index (χ2v) is 3.93. The Labute approximate surface area is 108 Å². The standard InChI is InChI=1S/C11H7Cl2NO3/c1-17-11(16)10(15)8(5-14)7-3-2-6(12)4-9(7)13/h2-4,8H,1H3/t8-/m1/s1. The first-order chi connectivity index (χ1) is 8.01. The fraction of sp³-hybridized carbons (Fsp3) is 0.182. The fourth-order valence-electron chi connectivity index (χ4n) is 1.22. The van der Waals surface area contributed by atoms with Gasteiger partial charge in [-0.25, -0.2) is 4.79 Å². The molecule has 0 heterocycles.